The van der Waals surface area contributed by atoms with Crippen molar-refractivity contribution < 1.29 is 4.74 Å². The van der Waals surface area contributed by atoms with Crippen LogP contribution in [0.4, 0.5) is 5.95 Å². The molecule has 3 rings (SSSR count). The molecule has 1 spiro atoms. The van der Waals surface area contributed by atoms with Gasteiger partial charge in [0.15, 0.2) is 0 Å². The van der Waals surface area contributed by atoms with Crippen molar-refractivity contribution in [1.29, 1.82) is 0 Å². The molecule has 2 saturated heterocycles. The van der Waals surface area contributed by atoms with E-state index in [-0.39, 0.29) is 0 Å². The molecule has 0 N–H and O–H groups in total. The summed E-state index contributed by atoms with van der Waals surface area (Å²) < 4.78 is 5.18. The normalized spacial score (nSPS) is 27.7. The van der Waals surface area contributed by atoms with Crippen LogP contribution < -0.4 is 4.90 Å². The SMILES string of the molecule is COCCN1CCC12CCN(c1ncccn1)C2. The van der Waals surface area contributed by atoms with E-state index in [0.29, 0.717) is 5.54 Å². The molecule has 5 nitrogen and oxygen atoms in total. The van der Waals surface area contributed by atoms with Gasteiger partial charge in [-0.05, 0) is 18.9 Å². The molecule has 18 heavy (non-hydrogen) atoms. The number of anilines is 1. The van der Waals surface area contributed by atoms with Crippen LogP contribution in [-0.2, 0) is 4.74 Å². The van der Waals surface area contributed by atoms with Crippen molar-refractivity contribution in [2.45, 2.75) is 18.4 Å². The number of nitrogens with zero attached hydrogens (tertiary/aromatic N) is 4. The van der Waals surface area contributed by atoms with Crippen LogP contribution in [0.25, 0.3) is 0 Å². The zero-order valence-electron chi connectivity index (χ0n) is 10.9. The predicted molar refractivity (Wildman–Crippen MR) is 69.7 cm³/mol. The van der Waals surface area contributed by atoms with Gasteiger partial charge in [0.05, 0.1) is 6.61 Å². The number of hydrogen-bond donors (Lipinski definition) is 0. The molecular weight excluding hydrogens is 228 g/mol. The second-order valence-electron chi connectivity index (χ2n) is 5.17. The Morgan fingerprint density at radius 2 is 2.06 bits per heavy atom. The summed E-state index contributed by atoms with van der Waals surface area (Å²) in [5.74, 6) is 0.868. The highest BCUT2D eigenvalue weighted by Gasteiger charge is 2.49. The predicted octanol–water partition coefficient (Wildman–Crippen LogP) is 0.778. The molecule has 1 aromatic rings. The van der Waals surface area contributed by atoms with Gasteiger partial charge in [-0.3, -0.25) is 4.90 Å². The monoisotopic (exact) mass is 248 g/mol. The van der Waals surface area contributed by atoms with Crippen molar-refractivity contribution >= 4 is 5.95 Å². The Labute approximate surface area is 108 Å². The van der Waals surface area contributed by atoms with Crippen molar-refractivity contribution in [1.82, 2.24) is 14.9 Å². The zero-order valence-corrected chi connectivity index (χ0v) is 10.9. The quantitative estimate of drug-likeness (QED) is 0.787. The fourth-order valence-corrected chi connectivity index (χ4v) is 3.08. The number of hydrogen-bond acceptors (Lipinski definition) is 5. The fourth-order valence-electron chi connectivity index (χ4n) is 3.08. The third kappa shape index (κ3) is 1.97. The lowest BCUT2D eigenvalue weighted by Crippen LogP contribution is -2.62. The molecule has 0 bridgehead atoms. The lowest BCUT2D eigenvalue weighted by Gasteiger charge is -2.50. The molecule has 5 heteroatoms. The molecule has 98 valence electrons. The van der Waals surface area contributed by atoms with Gasteiger partial charge >= 0.3 is 0 Å². The number of rotatable bonds is 4. The van der Waals surface area contributed by atoms with E-state index in [1.54, 1.807) is 7.11 Å². The summed E-state index contributed by atoms with van der Waals surface area (Å²) in [6.07, 6.45) is 6.14. The van der Waals surface area contributed by atoms with E-state index < -0.39 is 0 Å². The van der Waals surface area contributed by atoms with Crippen molar-refractivity contribution in [2.75, 3.05) is 44.8 Å². The van der Waals surface area contributed by atoms with E-state index in [9.17, 15) is 0 Å². The molecule has 0 aromatic carbocycles. The number of likely N-dealkylation sites (tertiary alicyclic amines) is 1. The molecule has 1 aromatic heterocycles. The minimum atomic E-state index is 0.359. The molecule has 2 fully saturated rings. The van der Waals surface area contributed by atoms with Crippen LogP contribution in [0.5, 0.6) is 0 Å². The first-order valence-corrected chi connectivity index (χ1v) is 6.60. The van der Waals surface area contributed by atoms with E-state index in [1.807, 2.05) is 18.5 Å². The Hall–Kier alpha value is -1.20. The van der Waals surface area contributed by atoms with Crippen LogP contribution in [0.15, 0.2) is 18.5 Å². The van der Waals surface area contributed by atoms with Crippen molar-refractivity contribution in [3.05, 3.63) is 18.5 Å². The lowest BCUT2D eigenvalue weighted by atomic mass is 9.84. The summed E-state index contributed by atoms with van der Waals surface area (Å²) >= 11 is 0. The Balaban J connectivity index is 1.64. The minimum Gasteiger partial charge on any atom is -0.383 e. The van der Waals surface area contributed by atoms with E-state index >= 15 is 0 Å². The van der Waals surface area contributed by atoms with E-state index in [2.05, 4.69) is 19.8 Å². The molecule has 1 atom stereocenters. The van der Waals surface area contributed by atoms with E-state index in [0.717, 1.165) is 32.2 Å². The molecule has 0 aliphatic carbocycles. The Bertz CT molecular complexity index is 399. The van der Waals surface area contributed by atoms with Crippen molar-refractivity contribution in [3.8, 4) is 0 Å². The van der Waals surface area contributed by atoms with Crippen molar-refractivity contribution in [3.63, 3.8) is 0 Å². The van der Waals surface area contributed by atoms with Crippen LogP contribution >= 0.6 is 0 Å². The molecule has 3 heterocycles. The third-order valence-corrected chi connectivity index (χ3v) is 4.25. The molecular formula is C13H20N4O. The topological polar surface area (TPSA) is 41.5 Å². The smallest absolute Gasteiger partial charge is 0.225 e. The molecule has 2 aliphatic heterocycles. The maximum atomic E-state index is 5.18. The number of ether oxygens (including phenoxy) is 1. The summed E-state index contributed by atoms with van der Waals surface area (Å²) in [5, 5.41) is 0. The van der Waals surface area contributed by atoms with Gasteiger partial charge in [-0.25, -0.2) is 9.97 Å². The maximum Gasteiger partial charge on any atom is 0.225 e. The second kappa shape index (κ2) is 4.82. The highest BCUT2D eigenvalue weighted by atomic mass is 16.5. The summed E-state index contributed by atoms with van der Waals surface area (Å²) in [5.41, 5.74) is 0.359. The largest absolute Gasteiger partial charge is 0.383 e. The Morgan fingerprint density at radius 1 is 1.28 bits per heavy atom. The molecule has 0 radical (unpaired) electrons. The fraction of sp³-hybridized carbons (Fsp3) is 0.692. The Morgan fingerprint density at radius 3 is 2.72 bits per heavy atom. The first-order chi connectivity index (χ1) is 8.84. The van der Waals surface area contributed by atoms with Gasteiger partial charge in [-0.1, -0.05) is 0 Å². The second-order valence-corrected chi connectivity index (χ2v) is 5.17. The van der Waals surface area contributed by atoms with E-state index in [1.165, 1.54) is 19.4 Å². The average molecular weight is 248 g/mol. The summed E-state index contributed by atoms with van der Waals surface area (Å²) in [6, 6.07) is 1.86. The molecule has 1 unspecified atom stereocenters. The Kier molecular flexibility index (Phi) is 3.18. The molecule has 2 aliphatic rings. The van der Waals surface area contributed by atoms with Crippen molar-refractivity contribution in [2.24, 2.45) is 0 Å². The minimum absolute atomic E-state index is 0.359. The lowest BCUT2D eigenvalue weighted by molar-refractivity contribution is -0.0144. The number of aromatic nitrogens is 2. The average Bonchev–Trinajstić information content (AvgIpc) is 2.86. The van der Waals surface area contributed by atoms with Crippen LogP contribution in [0.2, 0.25) is 0 Å². The molecule has 0 saturated carbocycles. The van der Waals surface area contributed by atoms with Gasteiger partial charge < -0.3 is 9.64 Å². The van der Waals surface area contributed by atoms with Gasteiger partial charge in [-0.15, -0.1) is 0 Å². The van der Waals surface area contributed by atoms with Crippen LogP contribution in [0.3, 0.4) is 0 Å². The molecule has 0 amide bonds. The van der Waals surface area contributed by atoms with Gasteiger partial charge in [0, 0.05) is 51.2 Å². The highest BCUT2D eigenvalue weighted by molar-refractivity contribution is 5.34. The van der Waals surface area contributed by atoms with Crippen LogP contribution in [0, 0.1) is 0 Å². The first kappa shape index (κ1) is 11.9. The van der Waals surface area contributed by atoms with Gasteiger partial charge in [-0.2, -0.15) is 0 Å². The van der Waals surface area contributed by atoms with E-state index in [4.69, 9.17) is 4.74 Å². The summed E-state index contributed by atoms with van der Waals surface area (Å²) in [4.78, 5) is 13.5. The summed E-state index contributed by atoms with van der Waals surface area (Å²) in [6.45, 7) is 5.19. The third-order valence-electron chi connectivity index (χ3n) is 4.25. The summed E-state index contributed by atoms with van der Waals surface area (Å²) in [7, 11) is 1.77. The zero-order chi connectivity index (χ0) is 12.4. The van der Waals surface area contributed by atoms with Gasteiger partial charge in [0.25, 0.3) is 0 Å². The van der Waals surface area contributed by atoms with Gasteiger partial charge in [0.2, 0.25) is 5.95 Å². The van der Waals surface area contributed by atoms with Crippen LogP contribution in [-0.4, -0.2) is 60.3 Å². The standard InChI is InChI=1S/C13H20N4O/c1-18-10-9-17-8-4-13(17)3-7-16(11-13)12-14-5-2-6-15-12/h2,5-6H,3-4,7-11H2,1H3. The highest BCUT2D eigenvalue weighted by Crippen LogP contribution is 2.39. The van der Waals surface area contributed by atoms with Crippen LogP contribution in [0.1, 0.15) is 12.8 Å². The maximum absolute atomic E-state index is 5.18. The number of methoxy groups -OCH3 is 1. The van der Waals surface area contributed by atoms with Gasteiger partial charge in [0.1, 0.15) is 0 Å². The first-order valence-electron chi connectivity index (χ1n) is 6.60.